The number of rotatable bonds is 6. The van der Waals surface area contributed by atoms with Crippen molar-refractivity contribution in [2.24, 2.45) is 4.99 Å². The van der Waals surface area contributed by atoms with Gasteiger partial charge in [0.15, 0.2) is 0 Å². The molecule has 0 aromatic heterocycles. The molecule has 0 saturated carbocycles. The third-order valence-electron chi connectivity index (χ3n) is 4.12. The number of aliphatic imine (C=N–C) groups is 1. The van der Waals surface area contributed by atoms with Crippen LogP contribution in [0.5, 0.6) is 0 Å². The lowest BCUT2D eigenvalue weighted by molar-refractivity contribution is 0.642. The molecule has 0 aliphatic heterocycles. The molecule has 2 aromatic carbocycles. The molecular weight excluding hydrogens is 254 g/mol. The Hall–Kier alpha value is -1.89. The number of para-hydroxylation sites is 1. The van der Waals surface area contributed by atoms with Crippen molar-refractivity contribution in [1.82, 2.24) is 0 Å². The molecule has 0 radical (unpaired) electrons. The average Bonchev–Trinajstić information content (AvgIpc) is 2.55. The highest BCUT2D eigenvalue weighted by molar-refractivity contribution is 5.82. The summed E-state index contributed by atoms with van der Waals surface area (Å²) in [5.74, 6) is 0.678. The molecule has 0 unspecified atom stereocenters. The molecule has 21 heavy (non-hydrogen) atoms. The molecule has 0 spiro atoms. The minimum Gasteiger partial charge on any atom is -0.256 e. The molecule has 1 heteroatoms. The Labute approximate surface area is 128 Å². The van der Waals surface area contributed by atoms with Crippen LogP contribution >= 0.6 is 0 Å². The van der Waals surface area contributed by atoms with Crippen molar-refractivity contribution in [3.05, 3.63) is 65.2 Å². The van der Waals surface area contributed by atoms with E-state index < -0.39 is 0 Å². The highest BCUT2D eigenvalue weighted by Gasteiger charge is 2.05. The van der Waals surface area contributed by atoms with Crippen LogP contribution in [0.2, 0.25) is 0 Å². The van der Waals surface area contributed by atoms with Gasteiger partial charge in [-0.3, -0.25) is 4.99 Å². The van der Waals surface area contributed by atoms with E-state index in [2.05, 4.69) is 68.2 Å². The molecule has 110 valence electrons. The fraction of sp³-hybridized carbons (Fsp3) is 0.350. The molecule has 0 fully saturated rings. The number of hydrogen-bond acceptors (Lipinski definition) is 1. The first kappa shape index (κ1) is 15.5. The van der Waals surface area contributed by atoms with Crippen molar-refractivity contribution in [3.63, 3.8) is 0 Å². The summed E-state index contributed by atoms with van der Waals surface area (Å²) >= 11 is 0. The standard InChI is InChI=1S/C20H25N/c1-4-17(5-2)19-13-11-16(12-14-19)15-21-20-10-8-7-9-18(20)6-3/h7-15,17H,4-6H2,1-3H3. The van der Waals surface area contributed by atoms with Gasteiger partial charge in [-0.25, -0.2) is 0 Å². The lowest BCUT2D eigenvalue weighted by Crippen LogP contribution is -1.95. The Kier molecular flexibility index (Phi) is 5.74. The second kappa shape index (κ2) is 7.78. The predicted octanol–water partition coefficient (Wildman–Crippen LogP) is 5.90. The lowest BCUT2D eigenvalue weighted by Gasteiger charge is -2.12. The molecular formula is C20H25N. The van der Waals surface area contributed by atoms with E-state index in [0.717, 1.165) is 17.7 Å². The van der Waals surface area contributed by atoms with Crippen LogP contribution in [0, 0.1) is 0 Å². The zero-order chi connectivity index (χ0) is 15.1. The largest absolute Gasteiger partial charge is 0.256 e. The molecule has 0 N–H and O–H groups in total. The van der Waals surface area contributed by atoms with Gasteiger partial charge in [0.1, 0.15) is 0 Å². The van der Waals surface area contributed by atoms with Crippen molar-refractivity contribution in [2.45, 2.75) is 46.0 Å². The Morgan fingerprint density at radius 2 is 1.57 bits per heavy atom. The van der Waals surface area contributed by atoms with E-state index in [0.29, 0.717) is 5.92 Å². The van der Waals surface area contributed by atoms with Gasteiger partial charge in [0.05, 0.1) is 5.69 Å². The SMILES string of the molecule is CCc1ccccc1N=Cc1ccc(C(CC)CC)cc1. The molecule has 0 heterocycles. The van der Waals surface area contributed by atoms with Crippen LogP contribution in [0.25, 0.3) is 0 Å². The monoisotopic (exact) mass is 279 g/mol. The molecule has 0 amide bonds. The fourth-order valence-corrected chi connectivity index (χ4v) is 2.69. The Morgan fingerprint density at radius 1 is 0.905 bits per heavy atom. The predicted molar refractivity (Wildman–Crippen MR) is 92.8 cm³/mol. The topological polar surface area (TPSA) is 12.4 Å². The lowest BCUT2D eigenvalue weighted by atomic mass is 9.93. The van der Waals surface area contributed by atoms with Gasteiger partial charge in [-0.1, -0.05) is 63.2 Å². The van der Waals surface area contributed by atoms with Gasteiger partial charge in [-0.15, -0.1) is 0 Å². The second-order valence-electron chi connectivity index (χ2n) is 5.42. The number of hydrogen-bond donors (Lipinski definition) is 0. The number of benzene rings is 2. The molecule has 0 atom stereocenters. The Bertz CT molecular complexity index is 577. The van der Waals surface area contributed by atoms with Gasteiger partial charge in [-0.05, 0) is 47.9 Å². The summed E-state index contributed by atoms with van der Waals surface area (Å²) in [6.45, 7) is 6.68. The Balaban J connectivity index is 2.14. The summed E-state index contributed by atoms with van der Waals surface area (Å²) in [7, 11) is 0. The van der Waals surface area contributed by atoms with Gasteiger partial charge in [-0.2, -0.15) is 0 Å². The average molecular weight is 279 g/mol. The van der Waals surface area contributed by atoms with Crippen LogP contribution in [-0.4, -0.2) is 6.21 Å². The van der Waals surface area contributed by atoms with Gasteiger partial charge < -0.3 is 0 Å². The molecule has 0 aliphatic carbocycles. The van der Waals surface area contributed by atoms with E-state index in [4.69, 9.17) is 0 Å². The van der Waals surface area contributed by atoms with E-state index in [1.807, 2.05) is 12.3 Å². The summed E-state index contributed by atoms with van der Waals surface area (Å²) in [5.41, 5.74) is 4.97. The van der Waals surface area contributed by atoms with Gasteiger partial charge >= 0.3 is 0 Å². The second-order valence-corrected chi connectivity index (χ2v) is 5.42. The summed E-state index contributed by atoms with van der Waals surface area (Å²) in [5, 5.41) is 0. The zero-order valence-electron chi connectivity index (χ0n) is 13.3. The van der Waals surface area contributed by atoms with E-state index in [1.165, 1.54) is 24.0 Å². The normalized spacial score (nSPS) is 11.4. The van der Waals surface area contributed by atoms with E-state index in [1.54, 1.807) is 0 Å². The van der Waals surface area contributed by atoms with Crippen molar-refractivity contribution < 1.29 is 0 Å². The molecule has 2 rings (SSSR count). The molecule has 0 bridgehead atoms. The smallest absolute Gasteiger partial charge is 0.0661 e. The summed E-state index contributed by atoms with van der Waals surface area (Å²) in [4.78, 5) is 4.64. The highest BCUT2D eigenvalue weighted by atomic mass is 14.7. The van der Waals surface area contributed by atoms with Crippen molar-refractivity contribution in [1.29, 1.82) is 0 Å². The van der Waals surface area contributed by atoms with E-state index in [9.17, 15) is 0 Å². The van der Waals surface area contributed by atoms with Crippen LogP contribution in [0.4, 0.5) is 5.69 Å². The van der Waals surface area contributed by atoms with E-state index >= 15 is 0 Å². The maximum atomic E-state index is 4.64. The summed E-state index contributed by atoms with van der Waals surface area (Å²) in [6, 6.07) is 17.2. The van der Waals surface area contributed by atoms with Gasteiger partial charge in [0.25, 0.3) is 0 Å². The molecule has 1 nitrogen and oxygen atoms in total. The van der Waals surface area contributed by atoms with Gasteiger partial charge in [0.2, 0.25) is 0 Å². The maximum absolute atomic E-state index is 4.64. The van der Waals surface area contributed by atoms with Crippen molar-refractivity contribution in [3.8, 4) is 0 Å². The van der Waals surface area contributed by atoms with Crippen molar-refractivity contribution >= 4 is 11.9 Å². The first-order valence-electron chi connectivity index (χ1n) is 8.00. The fourth-order valence-electron chi connectivity index (χ4n) is 2.69. The molecule has 0 saturated heterocycles. The van der Waals surface area contributed by atoms with Crippen LogP contribution in [0.3, 0.4) is 0 Å². The molecule has 2 aromatic rings. The van der Waals surface area contributed by atoms with Crippen molar-refractivity contribution in [2.75, 3.05) is 0 Å². The minimum atomic E-state index is 0.678. The van der Waals surface area contributed by atoms with Crippen LogP contribution in [-0.2, 0) is 6.42 Å². The highest BCUT2D eigenvalue weighted by Crippen LogP contribution is 2.23. The summed E-state index contributed by atoms with van der Waals surface area (Å²) in [6.07, 6.45) is 5.38. The van der Waals surface area contributed by atoms with Gasteiger partial charge in [0, 0.05) is 6.21 Å². The van der Waals surface area contributed by atoms with E-state index in [-0.39, 0.29) is 0 Å². The third-order valence-corrected chi connectivity index (χ3v) is 4.12. The Morgan fingerprint density at radius 3 is 2.19 bits per heavy atom. The maximum Gasteiger partial charge on any atom is 0.0661 e. The first-order valence-corrected chi connectivity index (χ1v) is 8.00. The third kappa shape index (κ3) is 4.04. The molecule has 0 aliphatic rings. The van der Waals surface area contributed by atoms with Crippen LogP contribution < -0.4 is 0 Å². The zero-order valence-corrected chi connectivity index (χ0v) is 13.3. The number of nitrogens with zero attached hydrogens (tertiary/aromatic N) is 1. The number of aryl methyl sites for hydroxylation is 1. The summed E-state index contributed by atoms with van der Waals surface area (Å²) < 4.78 is 0. The quantitative estimate of drug-likeness (QED) is 0.583. The van der Waals surface area contributed by atoms with Crippen LogP contribution in [0.1, 0.15) is 56.2 Å². The van der Waals surface area contributed by atoms with Crippen LogP contribution in [0.15, 0.2) is 53.5 Å². The minimum absolute atomic E-state index is 0.678. The first-order chi connectivity index (χ1) is 10.3.